The Labute approximate surface area is 153 Å². The van der Waals surface area contributed by atoms with Crippen LogP contribution in [0.25, 0.3) is 22.2 Å². The number of hydrogen-bond acceptors (Lipinski definition) is 5. The molecule has 0 aliphatic carbocycles. The molecular formula is C19H13ClN4O2. The third-order valence-corrected chi connectivity index (χ3v) is 4.10. The highest BCUT2D eigenvalue weighted by Crippen LogP contribution is 2.20. The Morgan fingerprint density at radius 3 is 2.58 bits per heavy atom. The smallest absolute Gasteiger partial charge is 0.313 e. The minimum Gasteiger partial charge on any atom is -0.313 e. The van der Waals surface area contributed by atoms with Crippen LogP contribution in [0.1, 0.15) is 10.4 Å². The lowest BCUT2D eigenvalue weighted by Crippen LogP contribution is -2.29. The van der Waals surface area contributed by atoms with Gasteiger partial charge in [0.15, 0.2) is 0 Å². The average Bonchev–Trinajstić information content (AvgIpc) is 3.15. The summed E-state index contributed by atoms with van der Waals surface area (Å²) in [7, 11) is 0. The fraction of sp³-hybridized carbons (Fsp3) is 0. The van der Waals surface area contributed by atoms with E-state index >= 15 is 0 Å². The molecule has 3 aromatic carbocycles. The molecule has 1 heterocycles. The fourth-order valence-corrected chi connectivity index (χ4v) is 2.72. The van der Waals surface area contributed by atoms with Crippen LogP contribution in [0.15, 0.2) is 71.3 Å². The molecule has 26 heavy (non-hydrogen) atoms. The van der Waals surface area contributed by atoms with Crippen LogP contribution < -0.4 is 10.9 Å². The topological polar surface area (TPSA) is 80.0 Å². The molecule has 0 spiro atoms. The highest BCUT2D eigenvalue weighted by atomic mass is 35.5. The molecule has 0 bridgehead atoms. The maximum atomic E-state index is 12.5. The summed E-state index contributed by atoms with van der Waals surface area (Å²) in [6, 6.07) is 20.4. The van der Waals surface area contributed by atoms with E-state index in [4.69, 9.17) is 16.1 Å². The molecule has 1 aromatic heterocycles. The number of rotatable bonds is 4. The Kier molecular flexibility index (Phi) is 4.25. The maximum Gasteiger partial charge on any atom is 0.340 e. The first-order valence-electron chi connectivity index (χ1n) is 7.84. The van der Waals surface area contributed by atoms with Gasteiger partial charge in [-0.2, -0.15) is 4.98 Å². The number of amides is 1. The van der Waals surface area contributed by atoms with Crippen LogP contribution in [-0.2, 0) is 0 Å². The van der Waals surface area contributed by atoms with Crippen molar-refractivity contribution < 1.29 is 9.32 Å². The molecule has 6 nitrogen and oxygen atoms in total. The Morgan fingerprint density at radius 2 is 1.73 bits per heavy atom. The van der Waals surface area contributed by atoms with Crippen LogP contribution in [0.2, 0.25) is 5.02 Å². The van der Waals surface area contributed by atoms with Gasteiger partial charge in [-0.15, -0.1) is 0 Å². The molecule has 0 saturated carbocycles. The normalized spacial score (nSPS) is 10.7. The van der Waals surface area contributed by atoms with Crippen molar-refractivity contribution in [3.8, 4) is 11.4 Å². The first-order chi connectivity index (χ1) is 12.7. The standard InChI is InChI=1S/C19H13ClN4O2/c20-14-10-8-13(9-11-14)17-21-19(26-24-17)23-22-18(25)16-7-3-5-12-4-1-2-6-15(12)16/h1-11H,(H,22,25)(H,21,23,24). The molecule has 7 heteroatoms. The Hall–Kier alpha value is -3.38. The zero-order chi connectivity index (χ0) is 17.9. The van der Waals surface area contributed by atoms with E-state index in [2.05, 4.69) is 21.0 Å². The van der Waals surface area contributed by atoms with E-state index in [-0.39, 0.29) is 11.9 Å². The molecule has 1 amide bonds. The summed E-state index contributed by atoms with van der Waals surface area (Å²) >= 11 is 5.86. The zero-order valence-electron chi connectivity index (χ0n) is 13.4. The molecule has 0 fully saturated rings. The average molecular weight is 365 g/mol. The van der Waals surface area contributed by atoms with Gasteiger partial charge in [-0.25, -0.2) is 5.43 Å². The lowest BCUT2D eigenvalue weighted by Gasteiger charge is -2.07. The van der Waals surface area contributed by atoms with E-state index in [0.717, 1.165) is 16.3 Å². The van der Waals surface area contributed by atoms with Crippen molar-refractivity contribution >= 4 is 34.3 Å². The highest BCUT2D eigenvalue weighted by molar-refractivity contribution is 6.30. The minimum absolute atomic E-state index is 0.0866. The second kappa shape index (κ2) is 6.85. The number of fused-ring (bicyclic) bond motifs is 1. The summed E-state index contributed by atoms with van der Waals surface area (Å²) in [6.45, 7) is 0. The number of hydrogen-bond donors (Lipinski definition) is 2. The van der Waals surface area contributed by atoms with Gasteiger partial charge in [0.25, 0.3) is 5.91 Å². The number of anilines is 1. The van der Waals surface area contributed by atoms with Crippen molar-refractivity contribution in [1.82, 2.24) is 15.6 Å². The molecule has 4 aromatic rings. The number of carbonyl (C=O) groups excluding carboxylic acids is 1. The van der Waals surface area contributed by atoms with Crippen LogP contribution in [0.4, 0.5) is 6.01 Å². The van der Waals surface area contributed by atoms with Crippen molar-refractivity contribution in [2.75, 3.05) is 5.43 Å². The van der Waals surface area contributed by atoms with E-state index in [1.807, 2.05) is 36.4 Å². The Morgan fingerprint density at radius 1 is 0.962 bits per heavy atom. The first kappa shape index (κ1) is 16.1. The second-order valence-corrected chi connectivity index (χ2v) is 5.97. The monoisotopic (exact) mass is 364 g/mol. The van der Waals surface area contributed by atoms with Crippen LogP contribution >= 0.6 is 11.6 Å². The van der Waals surface area contributed by atoms with E-state index < -0.39 is 0 Å². The number of nitrogens with one attached hydrogen (secondary N) is 2. The predicted octanol–water partition coefficient (Wildman–Crippen LogP) is 4.30. The first-order valence-corrected chi connectivity index (χ1v) is 8.22. The van der Waals surface area contributed by atoms with Crippen molar-refractivity contribution in [2.24, 2.45) is 0 Å². The number of carbonyl (C=O) groups is 1. The summed E-state index contributed by atoms with van der Waals surface area (Å²) in [5.74, 6) is 0.0941. The number of hydrazine groups is 1. The number of nitrogens with zero attached hydrogens (tertiary/aromatic N) is 2. The maximum absolute atomic E-state index is 12.5. The quantitative estimate of drug-likeness (QED) is 0.528. The summed E-state index contributed by atoms with van der Waals surface area (Å²) in [6.07, 6.45) is 0. The van der Waals surface area contributed by atoms with E-state index in [1.54, 1.807) is 30.3 Å². The largest absolute Gasteiger partial charge is 0.340 e. The molecule has 0 saturated heterocycles. The fourth-order valence-electron chi connectivity index (χ4n) is 2.59. The molecular weight excluding hydrogens is 352 g/mol. The van der Waals surface area contributed by atoms with Gasteiger partial charge in [-0.1, -0.05) is 53.2 Å². The molecule has 0 atom stereocenters. The highest BCUT2D eigenvalue weighted by Gasteiger charge is 2.12. The minimum atomic E-state index is -0.298. The molecule has 0 unspecified atom stereocenters. The molecule has 4 rings (SSSR count). The lowest BCUT2D eigenvalue weighted by atomic mass is 10.0. The van der Waals surface area contributed by atoms with Gasteiger partial charge in [0.2, 0.25) is 5.82 Å². The van der Waals surface area contributed by atoms with Gasteiger partial charge in [0.05, 0.1) is 0 Å². The number of aromatic nitrogens is 2. The van der Waals surface area contributed by atoms with Gasteiger partial charge in [-0.05, 0) is 41.1 Å². The van der Waals surface area contributed by atoms with Crippen LogP contribution in [-0.4, -0.2) is 16.0 Å². The molecule has 0 aliphatic heterocycles. The predicted molar refractivity (Wildman–Crippen MR) is 99.8 cm³/mol. The second-order valence-electron chi connectivity index (χ2n) is 5.54. The van der Waals surface area contributed by atoms with E-state index in [0.29, 0.717) is 16.4 Å². The van der Waals surface area contributed by atoms with Crippen LogP contribution in [0.3, 0.4) is 0 Å². The molecule has 0 radical (unpaired) electrons. The number of halogens is 1. The SMILES string of the molecule is O=C(NNc1nc(-c2ccc(Cl)cc2)no1)c1cccc2ccccc12. The van der Waals surface area contributed by atoms with Gasteiger partial charge in [0, 0.05) is 16.1 Å². The van der Waals surface area contributed by atoms with Gasteiger partial charge in [-0.3, -0.25) is 10.2 Å². The molecule has 2 N–H and O–H groups in total. The summed E-state index contributed by atoms with van der Waals surface area (Å²) < 4.78 is 5.10. The van der Waals surface area contributed by atoms with Crippen molar-refractivity contribution in [1.29, 1.82) is 0 Å². The Bertz CT molecular complexity index is 1070. The van der Waals surface area contributed by atoms with Crippen molar-refractivity contribution in [3.05, 3.63) is 77.3 Å². The van der Waals surface area contributed by atoms with E-state index in [9.17, 15) is 4.79 Å². The van der Waals surface area contributed by atoms with Gasteiger partial charge < -0.3 is 4.52 Å². The van der Waals surface area contributed by atoms with Gasteiger partial charge >= 0.3 is 6.01 Å². The summed E-state index contributed by atoms with van der Waals surface area (Å²) in [5.41, 5.74) is 6.52. The van der Waals surface area contributed by atoms with Crippen LogP contribution in [0.5, 0.6) is 0 Å². The third kappa shape index (κ3) is 3.22. The van der Waals surface area contributed by atoms with Crippen molar-refractivity contribution in [3.63, 3.8) is 0 Å². The Balaban J connectivity index is 1.49. The lowest BCUT2D eigenvalue weighted by molar-refractivity contribution is 0.0962. The third-order valence-electron chi connectivity index (χ3n) is 3.85. The summed E-state index contributed by atoms with van der Waals surface area (Å²) in [4.78, 5) is 16.7. The number of benzene rings is 3. The molecule has 128 valence electrons. The zero-order valence-corrected chi connectivity index (χ0v) is 14.2. The van der Waals surface area contributed by atoms with E-state index in [1.165, 1.54) is 0 Å². The van der Waals surface area contributed by atoms with Gasteiger partial charge in [0.1, 0.15) is 0 Å². The molecule has 0 aliphatic rings. The van der Waals surface area contributed by atoms with Crippen molar-refractivity contribution in [2.45, 2.75) is 0 Å². The van der Waals surface area contributed by atoms with Crippen LogP contribution in [0, 0.1) is 0 Å². The summed E-state index contributed by atoms with van der Waals surface area (Å²) in [5, 5.41) is 6.35.